The molecule has 1 aromatic rings. The van der Waals surface area contributed by atoms with E-state index in [1.54, 1.807) is 0 Å². The maximum absolute atomic E-state index is 12.4. The van der Waals surface area contributed by atoms with Gasteiger partial charge in [0.05, 0.1) is 14.2 Å². The number of carbonyl (C=O) groups excluding carboxylic acids is 2. The number of hydrogen-bond acceptors (Lipinski definition) is 4. The van der Waals surface area contributed by atoms with E-state index < -0.39 is 17.4 Å². The summed E-state index contributed by atoms with van der Waals surface area (Å²) in [6.07, 6.45) is 0.481. The van der Waals surface area contributed by atoms with Crippen molar-refractivity contribution in [3.8, 4) is 0 Å². The molecule has 0 aliphatic heterocycles. The molecule has 1 saturated carbocycles. The first-order chi connectivity index (χ1) is 9.57. The van der Waals surface area contributed by atoms with Crippen LogP contribution in [0.4, 0.5) is 0 Å². The van der Waals surface area contributed by atoms with Gasteiger partial charge in [-0.3, -0.25) is 9.59 Å². The van der Waals surface area contributed by atoms with E-state index in [9.17, 15) is 9.59 Å². The molecule has 0 N–H and O–H groups in total. The molecule has 0 aromatic heterocycles. The van der Waals surface area contributed by atoms with Gasteiger partial charge in [-0.2, -0.15) is 0 Å². The molecule has 1 aromatic carbocycles. The first-order valence-corrected chi connectivity index (χ1v) is 6.83. The monoisotopic (exact) mass is 274 g/mol. The number of rotatable bonds is 2. The topological polar surface area (TPSA) is 52.6 Å². The summed E-state index contributed by atoms with van der Waals surface area (Å²) in [6.45, 7) is 2.10. The van der Waals surface area contributed by atoms with Crippen LogP contribution in [-0.2, 0) is 19.1 Å². The number of fused-ring (bicyclic) bond motifs is 5. The van der Waals surface area contributed by atoms with Gasteiger partial charge in [0.25, 0.3) is 0 Å². The van der Waals surface area contributed by atoms with E-state index in [1.165, 1.54) is 19.8 Å². The summed E-state index contributed by atoms with van der Waals surface area (Å²) in [5.74, 6) is -0.639. The second-order valence-corrected chi connectivity index (χ2v) is 5.73. The number of ether oxygens (including phenoxy) is 2. The zero-order valence-corrected chi connectivity index (χ0v) is 11.9. The van der Waals surface area contributed by atoms with E-state index in [1.807, 2.05) is 18.2 Å². The lowest BCUT2D eigenvalue weighted by Gasteiger charge is -2.33. The average Bonchev–Trinajstić information content (AvgIpc) is 2.94. The average molecular weight is 274 g/mol. The molecule has 3 atom stereocenters. The minimum atomic E-state index is -1.18. The summed E-state index contributed by atoms with van der Waals surface area (Å²) in [5, 5.41) is 0. The Labute approximate surface area is 118 Å². The van der Waals surface area contributed by atoms with Crippen LogP contribution in [0.1, 0.15) is 36.3 Å². The highest BCUT2D eigenvalue weighted by Crippen LogP contribution is 2.66. The van der Waals surface area contributed by atoms with Gasteiger partial charge in [0.1, 0.15) is 0 Å². The van der Waals surface area contributed by atoms with Gasteiger partial charge in [0, 0.05) is 5.92 Å². The van der Waals surface area contributed by atoms with Crippen LogP contribution in [0.5, 0.6) is 0 Å². The molecule has 2 aliphatic carbocycles. The normalized spacial score (nSPS) is 28.9. The summed E-state index contributed by atoms with van der Waals surface area (Å²) >= 11 is 0. The minimum Gasteiger partial charge on any atom is -0.468 e. The maximum atomic E-state index is 12.4. The summed E-state index contributed by atoms with van der Waals surface area (Å²) in [5.41, 5.74) is 1.17. The Kier molecular flexibility index (Phi) is 2.85. The number of carbonyl (C=O) groups is 2. The van der Waals surface area contributed by atoms with Crippen LogP contribution in [0, 0.1) is 11.3 Å². The zero-order chi connectivity index (χ0) is 14.5. The highest BCUT2D eigenvalue weighted by molar-refractivity contribution is 6.02. The van der Waals surface area contributed by atoms with Crippen molar-refractivity contribution in [1.29, 1.82) is 0 Å². The second kappa shape index (κ2) is 4.33. The smallest absolute Gasteiger partial charge is 0.323 e. The Morgan fingerprint density at radius 2 is 1.65 bits per heavy atom. The SMILES string of the molecule is COC(=O)C1(C(=O)OC)CC2c3ccccc3C1C2C. The Morgan fingerprint density at radius 3 is 2.20 bits per heavy atom. The van der Waals surface area contributed by atoms with Crippen LogP contribution < -0.4 is 0 Å². The fourth-order valence-corrected chi connectivity index (χ4v) is 4.28. The van der Waals surface area contributed by atoms with Gasteiger partial charge in [0.15, 0.2) is 5.41 Å². The molecular weight excluding hydrogens is 256 g/mol. The highest BCUT2D eigenvalue weighted by Gasteiger charge is 2.67. The first-order valence-electron chi connectivity index (χ1n) is 6.83. The quantitative estimate of drug-likeness (QED) is 0.613. The molecule has 4 heteroatoms. The first kappa shape index (κ1) is 13.2. The van der Waals surface area contributed by atoms with Crippen LogP contribution in [0.2, 0.25) is 0 Å². The Morgan fingerprint density at radius 1 is 1.10 bits per heavy atom. The molecule has 0 amide bonds. The van der Waals surface area contributed by atoms with Crippen molar-refractivity contribution in [2.24, 2.45) is 11.3 Å². The van der Waals surface area contributed by atoms with E-state index in [0.29, 0.717) is 6.42 Å². The number of methoxy groups -OCH3 is 2. The number of esters is 2. The molecule has 3 rings (SSSR count). The third-order valence-electron chi connectivity index (χ3n) is 5.06. The van der Waals surface area contributed by atoms with Gasteiger partial charge in [-0.1, -0.05) is 31.2 Å². The van der Waals surface area contributed by atoms with Gasteiger partial charge in [0.2, 0.25) is 0 Å². The van der Waals surface area contributed by atoms with Crippen molar-refractivity contribution in [3.63, 3.8) is 0 Å². The summed E-state index contributed by atoms with van der Waals surface area (Å²) in [4.78, 5) is 24.7. The third-order valence-corrected chi connectivity index (χ3v) is 5.06. The summed E-state index contributed by atoms with van der Waals surface area (Å²) in [6, 6.07) is 8.06. The van der Waals surface area contributed by atoms with E-state index in [4.69, 9.17) is 9.47 Å². The largest absolute Gasteiger partial charge is 0.468 e. The van der Waals surface area contributed by atoms with Crippen molar-refractivity contribution in [2.75, 3.05) is 14.2 Å². The zero-order valence-electron chi connectivity index (χ0n) is 11.9. The van der Waals surface area contributed by atoms with Gasteiger partial charge in [-0.25, -0.2) is 0 Å². The van der Waals surface area contributed by atoms with E-state index in [-0.39, 0.29) is 17.8 Å². The molecule has 0 spiro atoms. The van der Waals surface area contributed by atoms with E-state index in [2.05, 4.69) is 13.0 Å². The van der Waals surface area contributed by atoms with Crippen LogP contribution in [0.15, 0.2) is 24.3 Å². The van der Waals surface area contributed by atoms with Crippen molar-refractivity contribution in [1.82, 2.24) is 0 Å². The van der Waals surface area contributed by atoms with Gasteiger partial charge < -0.3 is 9.47 Å². The van der Waals surface area contributed by atoms with E-state index in [0.717, 1.165) is 5.56 Å². The molecule has 106 valence electrons. The second-order valence-electron chi connectivity index (χ2n) is 5.73. The molecule has 4 nitrogen and oxygen atoms in total. The molecule has 0 heterocycles. The molecule has 1 fully saturated rings. The molecule has 2 bridgehead atoms. The lowest BCUT2D eigenvalue weighted by Crippen LogP contribution is -2.45. The van der Waals surface area contributed by atoms with Gasteiger partial charge in [-0.15, -0.1) is 0 Å². The van der Waals surface area contributed by atoms with E-state index >= 15 is 0 Å². The fourth-order valence-electron chi connectivity index (χ4n) is 4.28. The molecule has 0 saturated heterocycles. The predicted octanol–water partition coefficient (Wildman–Crippen LogP) is 2.24. The maximum Gasteiger partial charge on any atom is 0.323 e. The van der Waals surface area contributed by atoms with Crippen molar-refractivity contribution >= 4 is 11.9 Å². The standard InChI is InChI=1S/C16H18O4/c1-9-12-8-16(14(17)19-2,15(18)20-3)13(9)11-7-5-4-6-10(11)12/h4-7,9,12-13H,8H2,1-3H3. The number of benzene rings is 1. The lowest BCUT2D eigenvalue weighted by molar-refractivity contribution is -0.170. The third kappa shape index (κ3) is 1.37. The highest BCUT2D eigenvalue weighted by atomic mass is 16.5. The molecule has 20 heavy (non-hydrogen) atoms. The van der Waals surface area contributed by atoms with Gasteiger partial charge >= 0.3 is 11.9 Å². The van der Waals surface area contributed by atoms with Crippen LogP contribution in [-0.4, -0.2) is 26.2 Å². The summed E-state index contributed by atoms with van der Waals surface area (Å²) < 4.78 is 9.87. The van der Waals surface area contributed by atoms with Crippen LogP contribution in [0.25, 0.3) is 0 Å². The Hall–Kier alpha value is -1.84. The lowest BCUT2D eigenvalue weighted by atomic mass is 9.70. The minimum absolute atomic E-state index is 0.149. The van der Waals surface area contributed by atoms with Crippen molar-refractivity contribution in [3.05, 3.63) is 35.4 Å². The van der Waals surface area contributed by atoms with Gasteiger partial charge in [-0.05, 0) is 29.4 Å². The Balaban J connectivity index is 2.17. The number of hydrogen-bond donors (Lipinski definition) is 0. The van der Waals surface area contributed by atoms with Crippen LogP contribution in [0.3, 0.4) is 0 Å². The predicted molar refractivity (Wildman–Crippen MR) is 72.2 cm³/mol. The van der Waals surface area contributed by atoms with Crippen molar-refractivity contribution in [2.45, 2.75) is 25.2 Å². The Bertz CT molecular complexity index is 562. The van der Waals surface area contributed by atoms with Crippen LogP contribution >= 0.6 is 0 Å². The molecule has 3 unspecified atom stereocenters. The van der Waals surface area contributed by atoms with Crippen molar-refractivity contribution < 1.29 is 19.1 Å². The summed E-state index contributed by atoms with van der Waals surface area (Å²) in [7, 11) is 2.66. The molecule has 2 aliphatic rings. The molecule has 0 radical (unpaired) electrons. The molecular formula is C16H18O4. The fraction of sp³-hybridized carbons (Fsp3) is 0.500.